The lowest BCUT2D eigenvalue weighted by Gasteiger charge is -2.08. The Morgan fingerprint density at radius 1 is 1.50 bits per heavy atom. The van der Waals surface area contributed by atoms with E-state index >= 15 is 0 Å². The average molecular weight is 275 g/mol. The number of anilines is 1. The smallest absolute Gasteiger partial charge is 0.203 e. The van der Waals surface area contributed by atoms with Gasteiger partial charge >= 0.3 is 0 Å². The average Bonchev–Trinajstić information content (AvgIpc) is 2.61. The van der Waals surface area contributed by atoms with Crippen LogP contribution in [0.25, 0.3) is 0 Å². The molecule has 1 aromatic rings. The Hall–Kier alpha value is -1.08. The lowest BCUT2D eigenvalue weighted by atomic mass is 10.5. The van der Waals surface area contributed by atoms with Crippen LogP contribution in [0.4, 0.5) is 5.95 Å². The van der Waals surface area contributed by atoms with Crippen LogP contribution in [-0.4, -0.2) is 50.2 Å². The summed E-state index contributed by atoms with van der Waals surface area (Å²) in [6, 6.07) is 0. The van der Waals surface area contributed by atoms with E-state index in [1.165, 1.54) is 6.26 Å². The molecule has 1 heterocycles. The van der Waals surface area contributed by atoms with Crippen LogP contribution in [0.2, 0.25) is 0 Å². The summed E-state index contributed by atoms with van der Waals surface area (Å²) in [5.41, 5.74) is 0.928. The summed E-state index contributed by atoms with van der Waals surface area (Å²) in [5.74, 6) is 0.954. The first-order valence-electron chi connectivity index (χ1n) is 5.86. The highest BCUT2D eigenvalue weighted by Crippen LogP contribution is 2.08. The molecule has 0 aliphatic rings. The van der Waals surface area contributed by atoms with Gasteiger partial charge in [-0.2, -0.15) is 0 Å². The first-order chi connectivity index (χ1) is 8.42. The molecule has 104 valence electrons. The summed E-state index contributed by atoms with van der Waals surface area (Å²) < 4.78 is 29.0. The standard InChI is InChI=1S/C11H21N3O3S/c1-10-9-14(6-7-17-2)11(13-10)12-5-4-8-18(3,15)16/h9H,4-8H2,1-3H3,(H,12,13). The Labute approximate surface area is 108 Å². The number of sulfone groups is 1. The van der Waals surface area contributed by atoms with Crippen LogP contribution in [0.5, 0.6) is 0 Å². The highest BCUT2D eigenvalue weighted by atomic mass is 32.2. The zero-order chi connectivity index (χ0) is 13.6. The van der Waals surface area contributed by atoms with Gasteiger partial charge in [0.05, 0.1) is 18.1 Å². The van der Waals surface area contributed by atoms with Crippen molar-refractivity contribution >= 4 is 15.8 Å². The fraction of sp³-hybridized carbons (Fsp3) is 0.727. The molecule has 1 N–H and O–H groups in total. The van der Waals surface area contributed by atoms with Gasteiger partial charge in [-0.1, -0.05) is 0 Å². The van der Waals surface area contributed by atoms with Crippen molar-refractivity contribution < 1.29 is 13.2 Å². The van der Waals surface area contributed by atoms with Gasteiger partial charge in [-0.15, -0.1) is 0 Å². The van der Waals surface area contributed by atoms with Gasteiger partial charge in [0.25, 0.3) is 0 Å². The fourth-order valence-corrected chi connectivity index (χ4v) is 2.25. The maximum absolute atomic E-state index is 11.0. The summed E-state index contributed by atoms with van der Waals surface area (Å²) in [6.45, 7) is 3.86. The maximum atomic E-state index is 11.0. The second-order valence-electron chi connectivity index (χ2n) is 4.30. The van der Waals surface area contributed by atoms with Crippen molar-refractivity contribution in [2.75, 3.05) is 37.6 Å². The Balaban J connectivity index is 2.45. The molecule has 0 amide bonds. The van der Waals surface area contributed by atoms with Crippen molar-refractivity contribution in [1.82, 2.24) is 9.55 Å². The molecule has 0 aromatic carbocycles. The van der Waals surface area contributed by atoms with Crippen LogP contribution in [0.3, 0.4) is 0 Å². The SMILES string of the molecule is COCCn1cc(C)nc1NCCCS(C)(=O)=O. The van der Waals surface area contributed by atoms with Crippen molar-refractivity contribution in [3.63, 3.8) is 0 Å². The number of nitrogens with zero attached hydrogens (tertiary/aromatic N) is 2. The summed E-state index contributed by atoms with van der Waals surface area (Å²) in [4.78, 5) is 4.34. The third-order valence-electron chi connectivity index (χ3n) is 2.41. The van der Waals surface area contributed by atoms with E-state index in [-0.39, 0.29) is 5.75 Å². The highest BCUT2D eigenvalue weighted by molar-refractivity contribution is 7.90. The molecule has 0 aliphatic heterocycles. The summed E-state index contributed by atoms with van der Waals surface area (Å²) in [5, 5.41) is 3.15. The first-order valence-corrected chi connectivity index (χ1v) is 7.93. The van der Waals surface area contributed by atoms with Gasteiger partial charge in [0, 0.05) is 32.7 Å². The maximum Gasteiger partial charge on any atom is 0.203 e. The van der Waals surface area contributed by atoms with Crippen LogP contribution in [0.15, 0.2) is 6.20 Å². The van der Waals surface area contributed by atoms with Gasteiger partial charge in [0.15, 0.2) is 0 Å². The van der Waals surface area contributed by atoms with Crippen molar-refractivity contribution in [1.29, 1.82) is 0 Å². The third kappa shape index (κ3) is 5.50. The largest absolute Gasteiger partial charge is 0.383 e. The molecule has 0 unspecified atom stereocenters. The minimum absolute atomic E-state index is 0.192. The summed E-state index contributed by atoms with van der Waals surface area (Å²) in [6.07, 6.45) is 3.77. The van der Waals surface area contributed by atoms with E-state index in [1.54, 1.807) is 7.11 Å². The number of imidazole rings is 1. The number of hydrogen-bond acceptors (Lipinski definition) is 5. The van der Waals surface area contributed by atoms with Crippen LogP contribution >= 0.6 is 0 Å². The number of hydrogen-bond donors (Lipinski definition) is 1. The molecule has 0 radical (unpaired) electrons. The second-order valence-corrected chi connectivity index (χ2v) is 6.56. The summed E-state index contributed by atoms with van der Waals surface area (Å²) in [7, 11) is -1.23. The summed E-state index contributed by atoms with van der Waals surface area (Å²) >= 11 is 0. The van der Waals surface area contributed by atoms with Gasteiger partial charge in [-0.25, -0.2) is 13.4 Å². The normalized spacial score (nSPS) is 11.7. The van der Waals surface area contributed by atoms with E-state index in [2.05, 4.69) is 10.3 Å². The van der Waals surface area contributed by atoms with Crippen molar-refractivity contribution in [3.8, 4) is 0 Å². The lowest BCUT2D eigenvalue weighted by molar-refractivity contribution is 0.187. The topological polar surface area (TPSA) is 73.2 Å². The number of rotatable bonds is 8. The van der Waals surface area contributed by atoms with Crippen LogP contribution in [0, 0.1) is 6.92 Å². The van der Waals surface area contributed by atoms with E-state index in [0.29, 0.717) is 19.6 Å². The van der Waals surface area contributed by atoms with Crippen LogP contribution in [-0.2, 0) is 21.1 Å². The van der Waals surface area contributed by atoms with Gasteiger partial charge in [-0.05, 0) is 13.3 Å². The molecule has 18 heavy (non-hydrogen) atoms. The van der Waals surface area contributed by atoms with Crippen molar-refractivity contribution in [2.45, 2.75) is 19.9 Å². The fourth-order valence-electron chi connectivity index (χ4n) is 1.58. The zero-order valence-electron chi connectivity index (χ0n) is 11.1. The predicted molar refractivity (Wildman–Crippen MR) is 71.7 cm³/mol. The minimum Gasteiger partial charge on any atom is -0.383 e. The minimum atomic E-state index is -2.88. The third-order valence-corrected chi connectivity index (χ3v) is 3.44. The van der Waals surface area contributed by atoms with E-state index in [9.17, 15) is 8.42 Å². The lowest BCUT2D eigenvalue weighted by Crippen LogP contribution is -2.13. The molecule has 1 rings (SSSR count). The van der Waals surface area contributed by atoms with E-state index in [4.69, 9.17) is 4.74 Å². The molecule has 0 fully saturated rings. The molecule has 6 nitrogen and oxygen atoms in total. The number of nitrogens with one attached hydrogen (secondary N) is 1. The predicted octanol–water partition coefficient (Wildman–Crippen LogP) is 0.685. The molecule has 7 heteroatoms. The number of methoxy groups -OCH3 is 1. The number of aryl methyl sites for hydroxylation is 1. The van der Waals surface area contributed by atoms with Crippen LogP contribution in [0.1, 0.15) is 12.1 Å². The number of ether oxygens (including phenoxy) is 1. The molecule has 0 atom stereocenters. The molecule has 0 bridgehead atoms. The quantitative estimate of drug-likeness (QED) is 0.706. The number of aromatic nitrogens is 2. The van der Waals surface area contributed by atoms with Gasteiger partial charge in [0.1, 0.15) is 9.84 Å². The Morgan fingerprint density at radius 2 is 2.22 bits per heavy atom. The molecule has 0 saturated carbocycles. The molecule has 0 aliphatic carbocycles. The van der Waals surface area contributed by atoms with Crippen LogP contribution < -0.4 is 5.32 Å². The van der Waals surface area contributed by atoms with E-state index < -0.39 is 9.84 Å². The monoisotopic (exact) mass is 275 g/mol. The molecular weight excluding hydrogens is 254 g/mol. The molecule has 1 aromatic heterocycles. The molecule has 0 saturated heterocycles. The highest BCUT2D eigenvalue weighted by Gasteiger charge is 2.06. The van der Waals surface area contributed by atoms with Gasteiger partial charge in [0.2, 0.25) is 5.95 Å². The Bertz CT molecular complexity index is 468. The van der Waals surface area contributed by atoms with Gasteiger partial charge < -0.3 is 14.6 Å². The van der Waals surface area contributed by atoms with Gasteiger partial charge in [-0.3, -0.25) is 0 Å². The van der Waals surface area contributed by atoms with Crippen molar-refractivity contribution in [3.05, 3.63) is 11.9 Å². The van der Waals surface area contributed by atoms with E-state index in [0.717, 1.165) is 18.2 Å². The first kappa shape index (κ1) is 15.0. The zero-order valence-corrected chi connectivity index (χ0v) is 12.0. The molecule has 0 spiro atoms. The Kier molecular flexibility index (Phi) is 5.61. The Morgan fingerprint density at radius 3 is 2.83 bits per heavy atom. The van der Waals surface area contributed by atoms with E-state index in [1.807, 2.05) is 17.7 Å². The molecular formula is C11H21N3O3S. The second kappa shape index (κ2) is 6.75. The van der Waals surface area contributed by atoms with Crippen molar-refractivity contribution in [2.24, 2.45) is 0 Å².